The molecule has 0 spiro atoms. The molecule has 0 radical (unpaired) electrons. The van der Waals surface area contributed by atoms with Crippen LogP contribution in [-0.2, 0) is 27.6 Å². The molecule has 3 N–H and O–H groups in total. The first-order valence-corrected chi connectivity index (χ1v) is 8.06. The smallest absolute Gasteiger partial charge is 0.258 e. The lowest BCUT2D eigenvalue weighted by molar-refractivity contribution is -0.383. The highest BCUT2D eigenvalue weighted by Gasteiger charge is 2.24. The highest BCUT2D eigenvalue weighted by Crippen LogP contribution is 2.32. The van der Waals surface area contributed by atoms with E-state index in [1.807, 2.05) is 0 Å². The number of hydrogen-bond acceptors (Lipinski definition) is 6. The molecule has 1 atom stereocenters. The van der Waals surface area contributed by atoms with Gasteiger partial charge in [0.15, 0.2) is 0 Å². The molecule has 17 heavy (non-hydrogen) atoms. The molecule has 1 aromatic rings. The number of nitrogens with one attached hydrogen (secondary N) is 1. The predicted molar refractivity (Wildman–Crippen MR) is 63.3 cm³/mol. The van der Waals surface area contributed by atoms with Gasteiger partial charge in [0.2, 0.25) is 10.0 Å². The maximum Gasteiger partial charge on any atom is 0.341 e. The first-order valence-electron chi connectivity index (χ1n) is 4.08. The zero-order valence-corrected chi connectivity index (χ0v) is 11.0. The average molecular weight is 299 g/mol. The van der Waals surface area contributed by atoms with Crippen LogP contribution in [0.5, 0.6) is 0 Å². The van der Waals surface area contributed by atoms with Gasteiger partial charge >= 0.3 is 5.00 Å². The molecule has 0 saturated carbocycles. The van der Waals surface area contributed by atoms with Gasteiger partial charge in [-0.3, -0.25) is 10.1 Å². The molecular weight excluding hydrogens is 290 g/mol. The Morgan fingerprint density at radius 2 is 2.24 bits per heavy atom. The second kappa shape index (κ2) is 5.18. The molecule has 1 heterocycles. The van der Waals surface area contributed by atoms with Crippen molar-refractivity contribution in [1.29, 1.82) is 0 Å². The van der Waals surface area contributed by atoms with Crippen LogP contribution >= 0.6 is 11.3 Å². The van der Waals surface area contributed by atoms with Gasteiger partial charge in [0.1, 0.15) is 15.9 Å². The van der Waals surface area contributed by atoms with Crippen LogP contribution < -0.4 is 9.86 Å². The standard InChI is InChI=1S/C6H9N3O5S3/c1-17(13,14)8-2-4-3-15-6(9(10)11)5(4)16(7)12/h3,8H,2,7H2,1H3. The summed E-state index contributed by atoms with van der Waals surface area (Å²) in [5.41, 5.74) is 0.243. The lowest BCUT2D eigenvalue weighted by atomic mass is 10.3. The largest absolute Gasteiger partial charge is 0.341 e. The number of nitrogens with zero attached hydrogens (tertiary/aromatic N) is 1. The minimum absolute atomic E-state index is 0.142. The average Bonchev–Trinajstić information content (AvgIpc) is 2.56. The van der Waals surface area contributed by atoms with E-state index in [1.165, 1.54) is 5.38 Å². The van der Waals surface area contributed by atoms with Crippen LogP contribution in [0.3, 0.4) is 0 Å². The van der Waals surface area contributed by atoms with Crippen molar-refractivity contribution in [3.63, 3.8) is 0 Å². The van der Waals surface area contributed by atoms with E-state index in [0.717, 1.165) is 17.6 Å². The van der Waals surface area contributed by atoms with E-state index in [-0.39, 0.29) is 22.0 Å². The van der Waals surface area contributed by atoms with E-state index in [4.69, 9.17) is 5.14 Å². The normalized spacial score (nSPS) is 13.5. The lowest BCUT2D eigenvalue weighted by Crippen LogP contribution is -2.22. The Bertz CT molecular complexity index is 563. The number of sulfonamides is 1. The molecule has 0 aliphatic heterocycles. The van der Waals surface area contributed by atoms with Crippen LogP contribution in [0.1, 0.15) is 5.56 Å². The van der Waals surface area contributed by atoms with E-state index in [9.17, 15) is 22.7 Å². The molecule has 1 aromatic heterocycles. The summed E-state index contributed by atoms with van der Waals surface area (Å²) in [6, 6.07) is 0. The van der Waals surface area contributed by atoms with Crippen molar-refractivity contribution >= 4 is 37.3 Å². The van der Waals surface area contributed by atoms with Gasteiger partial charge in [-0.1, -0.05) is 11.3 Å². The van der Waals surface area contributed by atoms with Crippen LogP contribution in [0.15, 0.2) is 10.3 Å². The molecule has 0 aromatic carbocycles. The SMILES string of the molecule is CS(=O)(=O)NCc1csc([N+](=O)[O-])c1S(N)=O. The van der Waals surface area contributed by atoms with E-state index < -0.39 is 25.9 Å². The molecule has 0 saturated heterocycles. The Morgan fingerprint density at radius 1 is 1.65 bits per heavy atom. The number of thiophene rings is 1. The maximum absolute atomic E-state index is 11.2. The Labute approximate surface area is 104 Å². The Morgan fingerprint density at radius 3 is 2.65 bits per heavy atom. The van der Waals surface area contributed by atoms with E-state index in [1.54, 1.807) is 0 Å². The minimum Gasteiger partial charge on any atom is -0.258 e. The van der Waals surface area contributed by atoms with Crippen molar-refractivity contribution in [2.24, 2.45) is 5.14 Å². The summed E-state index contributed by atoms with van der Waals surface area (Å²) in [4.78, 5) is 9.79. The first-order chi connectivity index (χ1) is 7.72. The van der Waals surface area contributed by atoms with Crippen molar-refractivity contribution in [1.82, 2.24) is 4.72 Å². The van der Waals surface area contributed by atoms with Crippen LogP contribution in [0.25, 0.3) is 0 Å². The zero-order chi connectivity index (χ0) is 13.2. The molecule has 0 aliphatic carbocycles. The van der Waals surface area contributed by atoms with Gasteiger partial charge in [-0.15, -0.1) is 0 Å². The van der Waals surface area contributed by atoms with E-state index in [2.05, 4.69) is 4.72 Å². The van der Waals surface area contributed by atoms with Gasteiger partial charge in [-0.2, -0.15) is 0 Å². The predicted octanol–water partition coefficient (Wildman–Crippen LogP) is -0.313. The molecule has 0 fully saturated rings. The summed E-state index contributed by atoms with van der Waals surface area (Å²) >= 11 is 0.756. The quantitative estimate of drug-likeness (QED) is 0.568. The van der Waals surface area contributed by atoms with Crippen molar-refractivity contribution < 1.29 is 17.6 Å². The topological polar surface area (TPSA) is 132 Å². The third-order valence-electron chi connectivity index (χ3n) is 1.69. The molecular formula is C6H9N3O5S3. The van der Waals surface area contributed by atoms with Gasteiger partial charge in [-0.05, 0) is 0 Å². The van der Waals surface area contributed by atoms with E-state index >= 15 is 0 Å². The van der Waals surface area contributed by atoms with Crippen LogP contribution in [-0.4, -0.2) is 23.8 Å². The molecule has 1 rings (SSSR count). The van der Waals surface area contributed by atoms with Crippen LogP contribution in [0.4, 0.5) is 5.00 Å². The second-order valence-corrected chi connectivity index (χ2v) is 6.74. The van der Waals surface area contributed by atoms with Gasteiger partial charge < -0.3 is 0 Å². The van der Waals surface area contributed by atoms with Crippen molar-refractivity contribution in [3.8, 4) is 0 Å². The molecule has 0 aliphatic rings. The molecule has 0 amide bonds. The Kier molecular flexibility index (Phi) is 4.32. The minimum atomic E-state index is -3.43. The highest BCUT2D eigenvalue weighted by molar-refractivity contribution is 7.88. The second-order valence-electron chi connectivity index (χ2n) is 3.04. The third-order valence-corrected chi connectivity index (χ3v) is 4.33. The zero-order valence-electron chi connectivity index (χ0n) is 8.58. The summed E-state index contributed by atoms with van der Waals surface area (Å²) < 4.78 is 35.1. The molecule has 0 bridgehead atoms. The fourth-order valence-electron chi connectivity index (χ4n) is 1.04. The molecule has 8 nitrogen and oxygen atoms in total. The fourth-order valence-corrected chi connectivity index (χ4v) is 3.34. The van der Waals surface area contributed by atoms with Gasteiger partial charge in [0.25, 0.3) is 0 Å². The van der Waals surface area contributed by atoms with Crippen LogP contribution in [0, 0.1) is 10.1 Å². The van der Waals surface area contributed by atoms with E-state index in [0.29, 0.717) is 0 Å². The number of rotatable bonds is 5. The summed E-state index contributed by atoms with van der Waals surface area (Å²) in [7, 11) is -5.47. The molecule has 1 unspecified atom stereocenters. The molecule has 11 heteroatoms. The summed E-state index contributed by atoms with van der Waals surface area (Å²) in [5, 5.41) is 16.8. The van der Waals surface area contributed by atoms with Gasteiger partial charge in [0, 0.05) is 17.5 Å². The maximum atomic E-state index is 11.2. The summed E-state index contributed by atoms with van der Waals surface area (Å²) in [6.45, 7) is -0.179. The first kappa shape index (κ1) is 14.2. The summed E-state index contributed by atoms with van der Waals surface area (Å²) in [6.07, 6.45) is 0.951. The summed E-state index contributed by atoms with van der Waals surface area (Å²) in [5.74, 6) is 0. The van der Waals surface area contributed by atoms with Crippen molar-refractivity contribution in [2.45, 2.75) is 11.4 Å². The number of nitro groups is 1. The Balaban J connectivity index is 3.09. The van der Waals surface area contributed by atoms with Gasteiger partial charge in [-0.25, -0.2) is 22.5 Å². The van der Waals surface area contributed by atoms with Crippen LogP contribution in [0.2, 0.25) is 0 Å². The highest BCUT2D eigenvalue weighted by atomic mass is 32.2. The Hall–Kier alpha value is -0.880. The number of hydrogen-bond donors (Lipinski definition) is 2. The monoisotopic (exact) mass is 299 g/mol. The van der Waals surface area contributed by atoms with Crippen molar-refractivity contribution in [2.75, 3.05) is 6.26 Å². The third kappa shape index (κ3) is 3.81. The lowest BCUT2D eigenvalue weighted by Gasteiger charge is -2.01. The van der Waals surface area contributed by atoms with Gasteiger partial charge in [0.05, 0.1) is 11.2 Å². The van der Waals surface area contributed by atoms with Crippen molar-refractivity contribution in [3.05, 3.63) is 21.1 Å². The molecule has 96 valence electrons. The number of nitrogens with two attached hydrogens (primary N) is 1. The fraction of sp³-hybridized carbons (Fsp3) is 0.333.